The highest BCUT2D eigenvalue weighted by molar-refractivity contribution is 6.30. The lowest BCUT2D eigenvalue weighted by atomic mass is 10.1. The molecule has 1 atom stereocenters. The molecule has 0 fully saturated rings. The van der Waals surface area contributed by atoms with E-state index in [1.165, 1.54) is 18.2 Å². The summed E-state index contributed by atoms with van der Waals surface area (Å²) in [6.07, 6.45) is -1.53. The number of methoxy groups -OCH3 is 1. The van der Waals surface area contributed by atoms with E-state index in [1.807, 2.05) is 0 Å². The van der Waals surface area contributed by atoms with E-state index in [-0.39, 0.29) is 12.0 Å². The monoisotopic (exact) mass is 232 g/mol. The zero-order valence-electron chi connectivity index (χ0n) is 8.04. The van der Waals surface area contributed by atoms with Gasteiger partial charge >= 0.3 is 5.97 Å². The molecule has 1 rings (SSSR count). The average molecular weight is 233 g/mol. The molecule has 0 aliphatic heterocycles. The number of aliphatic hydroxyl groups is 1. The van der Waals surface area contributed by atoms with Crippen LogP contribution >= 0.6 is 11.6 Å². The minimum atomic E-state index is -1.37. The van der Waals surface area contributed by atoms with Gasteiger partial charge in [-0.2, -0.15) is 0 Å². The van der Waals surface area contributed by atoms with Crippen molar-refractivity contribution in [3.8, 4) is 0 Å². The summed E-state index contributed by atoms with van der Waals surface area (Å²) in [6, 6.07) is 3.94. The fourth-order valence-corrected chi connectivity index (χ4v) is 1.32. The third-order valence-electron chi connectivity index (χ3n) is 1.89. The van der Waals surface area contributed by atoms with Crippen molar-refractivity contribution in [1.82, 2.24) is 0 Å². The maximum Gasteiger partial charge on any atom is 0.335 e. The van der Waals surface area contributed by atoms with Crippen LogP contribution in [-0.2, 0) is 16.0 Å². The Hall–Kier alpha value is -1.13. The fraction of sp³-hybridized carbons (Fsp3) is 0.300. The number of aliphatic hydroxyl groups excluding tert-OH is 1. The molecule has 82 valence electrons. The summed E-state index contributed by atoms with van der Waals surface area (Å²) >= 11 is 5.65. The predicted octanol–water partition coefficient (Wildman–Crippen LogP) is 1.56. The Balaban J connectivity index is 2.80. The molecule has 0 radical (unpaired) electrons. The van der Waals surface area contributed by atoms with Gasteiger partial charge in [-0.3, -0.25) is 0 Å². The molecule has 1 unspecified atom stereocenters. The van der Waals surface area contributed by atoms with Crippen LogP contribution in [0.2, 0.25) is 5.02 Å². The number of halogens is 2. The summed E-state index contributed by atoms with van der Waals surface area (Å²) in [5, 5.41) is 9.65. The van der Waals surface area contributed by atoms with Gasteiger partial charge in [0.15, 0.2) is 6.10 Å². The summed E-state index contributed by atoms with van der Waals surface area (Å²) < 4.78 is 17.5. The lowest BCUT2D eigenvalue weighted by Crippen LogP contribution is -2.24. The quantitative estimate of drug-likeness (QED) is 0.805. The van der Waals surface area contributed by atoms with Crippen molar-refractivity contribution in [2.45, 2.75) is 12.5 Å². The summed E-state index contributed by atoms with van der Waals surface area (Å²) in [7, 11) is 1.15. The summed E-state index contributed by atoms with van der Waals surface area (Å²) in [6.45, 7) is 0. The molecular weight excluding hydrogens is 223 g/mol. The molecule has 0 amide bonds. The largest absolute Gasteiger partial charge is 0.467 e. The third kappa shape index (κ3) is 3.18. The maximum atomic E-state index is 13.2. The third-order valence-corrected chi connectivity index (χ3v) is 2.13. The van der Waals surface area contributed by atoms with Crippen LogP contribution in [0.15, 0.2) is 18.2 Å². The predicted molar refractivity (Wildman–Crippen MR) is 53.1 cm³/mol. The molecule has 0 saturated heterocycles. The Morgan fingerprint density at radius 2 is 2.33 bits per heavy atom. The molecule has 0 heterocycles. The second-order valence-electron chi connectivity index (χ2n) is 2.98. The number of esters is 1. The first kappa shape index (κ1) is 11.9. The van der Waals surface area contributed by atoms with Crippen LogP contribution in [0.1, 0.15) is 5.56 Å². The molecule has 0 spiro atoms. The van der Waals surface area contributed by atoms with E-state index in [0.29, 0.717) is 5.02 Å². The molecule has 3 nitrogen and oxygen atoms in total. The smallest absolute Gasteiger partial charge is 0.335 e. The Kier molecular flexibility index (Phi) is 4.05. The Morgan fingerprint density at radius 3 is 2.93 bits per heavy atom. The van der Waals surface area contributed by atoms with Crippen molar-refractivity contribution in [3.05, 3.63) is 34.6 Å². The van der Waals surface area contributed by atoms with Gasteiger partial charge in [0.25, 0.3) is 0 Å². The standard InChI is InChI=1S/C10H10ClFO3/c1-15-10(14)9(13)5-6-4-7(11)2-3-8(6)12/h2-4,9,13H,5H2,1H3. The highest BCUT2D eigenvalue weighted by atomic mass is 35.5. The molecule has 0 saturated carbocycles. The van der Waals surface area contributed by atoms with Gasteiger partial charge in [0.2, 0.25) is 0 Å². The van der Waals surface area contributed by atoms with Crippen LogP contribution in [0.4, 0.5) is 4.39 Å². The summed E-state index contributed by atoms with van der Waals surface area (Å²) in [4.78, 5) is 10.9. The number of benzene rings is 1. The van der Waals surface area contributed by atoms with Gasteiger partial charge in [0, 0.05) is 11.4 Å². The lowest BCUT2D eigenvalue weighted by molar-refractivity contribution is -0.150. The zero-order chi connectivity index (χ0) is 11.4. The van der Waals surface area contributed by atoms with Gasteiger partial charge in [0.1, 0.15) is 5.82 Å². The molecule has 1 aromatic rings. The summed E-state index contributed by atoms with van der Waals surface area (Å²) in [5.74, 6) is -1.31. The van der Waals surface area contributed by atoms with Crippen LogP contribution in [0.25, 0.3) is 0 Å². The lowest BCUT2D eigenvalue weighted by Gasteiger charge is -2.09. The first-order chi connectivity index (χ1) is 7.04. The molecule has 1 aromatic carbocycles. The molecule has 0 aromatic heterocycles. The number of carbonyl (C=O) groups excluding carboxylic acids is 1. The van der Waals surface area contributed by atoms with E-state index in [2.05, 4.69) is 4.74 Å². The van der Waals surface area contributed by atoms with Gasteiger partial charge in [-0.25, -0.2) is 9.18 Å². The fourth-order valence-electron chi connectivity index (χ4n) is 1.13. The summed E-state index contributed by atoms with van der Waals surface area (Å²) in [5.41, 5.74) is 0.181. The highest BCUT2D eigenvalue weighted by Gasteiger charge is 2.17. The minimum Gasteiger partial charge on any atom is -0.467 e. The van der Waals surface area contributed by atoms with E-state index in [4.69, 9.17) is 11.6 Å². The topological polar surface area (TPSA) is 46.5 Å². The number of hydrogen-bond acceptors (Lipinski definition) is 3. The van der Waals surface area contributed by atoms with E-state index in [0.717, 1.165) is 7.11 Å². The average Bonchev–Trinajstić information content (AvgIpc) is 2.22. The van der Waals surface area contributed by atoms with Gasteiger partial charge in [-0.1, -0.05) is 11.6 Å². The normalized spacial score (nSPS) is 12.3. The van der Waals surface area contributed by atoms with Crippen molar-refractivity contribution in [3.63, 3.8) is 0 Å². The zero-order valence-corrected chi connectivity index (χ0v) is 8.79. The van der Waals surface area contributed by atoms with Gasteiger partial charge in [0.05, 0.1) is 7.11 Å². The molecule has 5 heteroatoms. The van der Waals surface area contributed by atoms with Gasteiger partial charge < -0.3 is 9.84 Å². The minimum absolute atomic E-state index is 0.154. The molecular formula is C10H10ClFO3. The molecule has 15 heavy (non-hydrogen) atoms. The van der Waals surface area contributed by atoms with Crippen LogP contribution < -0.4 is 0 Å². The van der Waals surface area contributed by atoms with Crippen molar-refractivity contribution in [2.24, 2.45) is 0 Å². The van der Waals surface area contributed by atoms with E-state index in [9.17, 15) is 14.3 Å². The number of carbonyl (C=O) groups is 1. The van der Waals surface area contributed by atoms with Crippen LogP contribution in [0.3, 0.4) is 0 Å². The molecule has 0 aliphatic carbocycles. The van der Waals surface area contributed by atoms with Crippen LogP contribution in [-0.4, -0.2) is 24.3 Å². The van der Waals surface area contributed by atoms with Crippen molar-refractivity contribution in [2.75, 3.05) is 7.11 Å². The first-order valence-corrected chi connectivity index (χ1v) is 4.62. The first-order valence-electron chi connectivity index (χ1n) is 4.24. The number of rotatable bonds is 3. The second kappa shape index (κ2) is 5.09. The Morgan fingerprint density at radius 1 is 1.67 bits per heavy atom. The van der Waals surface area contributed by atoms with Crippen LogP contribution in [0, 0.1) is 5.82 Å². The SMILES string of the molecule is COC(=O)C(O)Cc1cc(Cl)ccc1F. The highest BCUT2D eigenvalue weighted by Crippen LogP contribution is 2.16. The van der Waals surface area contributed by atoms with Gasteiger partial charge in [-0.05, 0) is 23.8 Å². The Labute approximate surface area is 91.4 Å². The van der Waals surface area contributed by atoms with Crippen LogP contribution in [0.5, 0.6) is 0 Å². The molecule has 1 N–H and O–H groups in total. The van der Waals surface area contributed by atoms with E-state index < -0.39 is 17.9 Å². The van der Waals surface area contributed by atoms with Crippen molar-refractivity contribution >= 4 is 17.6 Å². The van der Waals surface area contributed by atoms with E-state index in [1.54, 1.807) is 0 Å². The second-order valence-corrected chi connectivity index (χ2v) is 3.42. The Bertz CT molecular complexity index is 368. The molecule has 0 aliphatic rings. The number of hydrogen-bond donors (Lipinski definition) is 1. The van der Waals surface area contributed by atoms with E-state index >= 15 is 0 Å². The maximum absolute atomic E-state index is 13.2. The molecule has 0 bridgehead atoms. The van der Waals surface area contributed by atoms with Crippen molar-refractivity contribution < 1.29 is 19.0 Å². The van der Waals surface area contributed by atoms with Gasteiger partial charge in [-0.15, -0.1) is 0 Å². The van der Waals surface area contributed by atoms with Crippen molar-refractivity contribution in [1.29, 1.82) is 0 Å². The number of ether oxygens (including phenoxy) is 1.